The molecule has 17 heavy (non-hydrogen) atoms. The Hall–Kier alpha value is -0.790. The van der Waals surface area contributed by atoms with Gasteiger partial charge in [0, 0.05) is 6.08 Å². The van der Waals surface area contributed by atoms with Crippen LogP contribution in [0.25, 0.3) is 0 Å². The summed E-state index contributed by atoms with van der Waals surface area (Å²) < 4.78 is 4.94. The van der Waals surface area contributed by atoms with Gasteiger partial charge < -0.3 is 4.74 Å². The zero-order valence-corrected chi connectivity index (χ0v) is 11.7. The zero-order chi connectivity index (χ0) is 12.9. The van der Waals surface area contributed by atoms with Crippen LogP contribution in [0.2, 0.25) is 0 Å². The first kappa shape index (κ1) is 14.3. The third-order valence-electron chi connectivity index (χ3n) is 4.25. The van der Waals surface area contributed by atoms with Crippen LogP contribution in [-0.4, -0.2) is 12.6 Å². The summed E-state index contributed by atoms with van der Waals surface area (Å²) in [7, 11) is 0. The van der Waals surface area contributed by atoms with Crippen LogP contribution in [0.4, 0.5) is 0 Å². The molecule has 0 saturated heterocycles. The van der Waals surface area contributed by atoms with Gasteiger partial charge in [-0.3, -0.25) is 0 Å². The summed E-state index contributed by atoms with van der Waals surface area (Å²) in [5.74, 6) is 0.627. The molecule has 1 fully saturated rings. The molecule has 0 heterocycles. The number of esters is 1. The molecule has 0 bridgehead atoms. The lowest BCUT2D eigenvalue weighted by atomic mass is 9.69. The van der Waals surface area contributed by atoms with Gasteiger partial charge in [0.05, 0.1) is 6.61 Å². The first-order valence-electron chi connectivity index (χ1n) is 6.85. The Morgan fingerprint density at radius 2 is 1.94 bits per heavy atom. The average molecular weight is 238 g/mol. The monoisotopic (exact) mass is 238 g/mol. The van der Waals surface area contributed by atoms with E-state index in [-0.39, 0.29) is 5.97 Å². The Kier molecular flexibility index (Phi) is 5.23. The maximum absolute atomic E-state index is 11.3. The molecule has 1 saturated carbocycles. The molecule has 0 aliphatic heterocycles. The second kappa shape index (κ2) is 6.23. The fourth-order valence-corrected chi connectivity index (χ4v) is 2.55. The molecule has 1 aliphatic rings. The molecule has 2 heteroatoms. The van der Waals surface area contributed by atoms with Crippen molar-refractivity contribution in [3.63, 3.8) is 0 Å². The smallest absolute Gasteiger partial charge is 0.330 e. The molecule has 0 aromatic rings. The summed E-state index contributed by atoms with van der Waals surface area (Å²) in [5, 5.41) is 0. The molecular weight excluding hydrogens is 212 g/mol. The Labute approximate surface area is 105 Å². The van der Waals surface area contributed by atoms with Gasteiger partial charge in [-0.25, -0.2) is 4.79 Å². The van der Waals surface area contributed by atoms with E-state index >= 15 is 0 Å². The highest BCUT2D eigenvalue weighted by Gasteiger charge is 2.30. The highest BCUT2D eigenvalue weighted by atomic mass is 16.5. The van der Waals surface area contributed by atoms with Crippen molar-refractivity contribution in [2.45, 2.75) is 59.8 Å². The lowest BCUT2D eigenvalue weighted by molar-refractivity contribution is -0.137. The van der Waals surface area contributed by atoms with Crippen molar-refractivity contribution in [2.75, 3.05) is 6.61 Å². The molecular formula is C15H26O2. The second-order valence-electron chi connectivity index (χ2n) is 5.67. The summed E-state index contributed by atoms with van der Waals surface area (Å²) >= 11 is 0. The van der Waals surface area contributed by atoms with Crippen molar-refractivity contribution in [3.8, 4) is 0 Å². The third kappa shape index (κ3) is 4.18. The van der Waals surface area contributed by atoms with Crippen molar-refractivity contribution in [1.82, 2.24) is 0 Å². The van der Waals surface area contributed by atoms with E-state index in [0.717, 1.165) is 18.8 Å². The number of carbonyl (C=O) groups is 1. The molecule has 0 N–H and O–H groups in total. The van der Waals surface area contributed by atoms with Crippen molar-refractivity contribution in [1.29, 1.82) is 0 Å². The van der Waals surface area contributed by atoms with Gasteiger partial charge in [0.15, 0.2) is 0 Å². The summed E-state index contributed by atoms with van der Waals surface area (Å²) in [6.07, 6.45) is 7.49. The fraction of sp³-hybridized carbons (Fsp3) is 0.800. The van der Waals surface area contributed by atoms with E-state index in [1.54, 1.807) is 6.08 Å². The predicted molar refractivity (Wildman–Crippen MR) is 70.7 cm³/mol. The summed E-state index contributed by atoms with van der Waals surface area (Å²) in [6, 6.07) is 0. The average Bonchev–Trinajstić information content (AvgIpc) is 2.30. The van der Waals surface area contributed by atoms with Gasteiger partial charge in [-0.15, -0.1) is 0 Å². The van der Waals surface area contributed by atoms with Gasteiger partial charge in [-0.2, -0.15) is 0 Å². The minimum absolute atomic E-state index is 0.171. The van der Waals surface area contributed by atoms with E-state index in [1.807, 2.05) is 6.92 Å². The minimum Gasteiger partial charge on any atom is -0.463 e. The molecule has 0 radical (unpaired) electrons. The molecule has 1 rings (SSSR count). The van der Waals surface area contributed by atoms with Gasteiger partial charge in [-0.05, 0) is 43.9 Å². The van der Waals surface area contributed by atoms with Crippen molar-refractivity contribution >= 4 is 5.97 Å². The topological polar surface area (TPSA) is 26.3 Å². The highest BCUT2D eigenvalue weighted by molar-refractivity contribution is 5.82. The first-order chi connectivity index (χ1) is 7.99. The molecule has 98 valence electrons. The third-order valence-corrected chi connectivity index (χ3v) is 4.25. The van der Waals surface area contributed by atoms with Crippen LogP contribution in [0.3, 0.4) is 0 Å². The SMILES string of the molecule is CCOC(=O)C=C1CCC(C(C)(C)CC)CC1. The molecule has 0 aromatic carbocycles. The maximum Gasteiger partial charge on any atom is 0.330 e. The standard InChI is InChI=1S/C15H26O2/c1-5-15(3,4)13-9-7-12(8-10-13)11-14(16)17-6-2/h11,13H,5-10H2,1-4H3. The summed E-state index contributed by atoms with van der Waals surface area (Å²) in [4.78, 5) is 11.3. The molecule has 0 atom stereocenters. The van der Waals surface area contributed by atoms with Crippen LogP contribution < -0.4 is 0 Å². The molecule has 0 aromatic heterocycles. The lowest BCUT2D eigenvalue weighted by Gasteiger charge is -2.37. The number of carbonyl (C=O) groups excluding carboxylic acids is 1. The number of hydrogen-bond donors (Lipinski definition) is 0. The van der Waals surface area contributed by atoms with Crippen LogP contribution in [-0.2, 0) is 9.53 Å². The van der Waals surface area contributed by atoms with Gasteiger partial charge in [0.2, 0.25) is 0 Å². The van der Waals surface area contributed by atoms with Crippen LogP contribution in [0, 0.1) is 11.3 Å². The molecule has 0 unspecified atom stereocenters. The van der Waals surface area contributed by atoms with E-state index in [4.69, 9.17) is 4.74 Å². The number of rotatable bonds is 4. The normalized spacial score (nSPS) is 21.2. The first-order valence-corrected chi connectivity index (χ1v) is 6.85. The van der Waals surface area contributed by atoms with Crippen molar-refractivity contribution in [2.24, 2.45) is 11.3 Å². The fourth-order valence-electron chi connectivity index (χ4n) is 2.55. The molecule has 0 spiro atoms. The van der Waals surface area contributed by atoms with Gasteiger partial charge in [0.25, 0.3) is 0 Å². The van der Waals surface area contributed by atoms with Crippen LogP contribution in [0.1, 0.15) is 59.8 Å². The Balaban J connectivity index is 2.48. The van der Waals surface area contributed by atoms with Gasteiger partial charge in [0.1, 0.15) is 0 Å². The van der Waals surface area contributed by atoms with E-state index in [1.165, 1.54) is 24.8 Å². The number of ether oxygens (including phenoxy) is 1. The highest BCUT2D eigenvalue weighted by Crippen LogP contribution is 2.41. The predicted octanol–water partition coefficient (Wildman–Crippen LogP) is 4.10. The van der Waals surface area contributed by atoms with Crippen LogP contribution >= 0.6 is 0 Å². The van der Waals surface area contributed by atoms with Crippen molar-refractivity contribution in [3.05, 3.63) is 11.6 Å². The Morgan fingerprint density at radius 1 is 1.35 bits per heavy atom. The number of hydrogen-bond acceptors (Lipinski definition) is 2. The van der Waals surface area contributed by atoms with Gasteiger partial charge >= 0.3 is 5.97 Å². The van der Waals surface area contributed by atoms with Crippen LogP contribution in [0.15, 0.2) is 11.6 Å². The minimum atomic E-state index is -0.171. The van der Waals surface area contributed by atoms with Crippen LogP contribution in [0.5, 0.6) is 0 Å². The Morgan fingerprint density at radius 3 is 2.41 bits per heavy atom. The second-order valence-corrected chi connectivity index (χ2v) is 5.67. The van der Waals surface area contributed by atoms with E-state index < -0.39 is 0 Å². The maximum atomic E-state index is 11.3. The number of allylic oxidation sites excluding steroid dienone is 1. The zero-order valence-electron chi connectivity index (χ0n) is 11.7. The summed E-state index contributed by atoms with van der Waals surface area (Å²) in [6.45, 7) is 9.30. The van der Waals surface area contributed by atoms with Gasteiger partial charge in [-0.1, -0.05) is 32.8 Å². The Bertz CT molecular complexity index is 279. The van der Waals surface area contributed by atoms with E-state index in [9.17, 15) is 4.79 Å². The molecule has 2 nitrogen and oxygen atoms in total. The van der Waals surface area contributed by atoms with E-state index in [2.05, 4.69) is 20.8 Å². The van der Waals surface area contributed by atoms with Crippen molar-refractivity contribution < 1.29 is 9.53 Å². The molecule has 0 amide bonds. The quantitative estimate of drug-likeness (QED) is 0.544. The van der Waals surface area contributed by atoms with E-state index in [0.29, 0.717) is 12.0 Å². The summed E-state index contributed by atoms with van der Waals surface area (Å²) in [5.41, 5.74) is 1.71. The lowest BCUT2D eigenvalue weighted by Crippen LogP contribution is -2.26. The molecule has 1 aliphatic carbocycles. The largest absolute Gasteiger partial charge is 0.463 e.